The molecule has 0 N–H and O–H groups in total. The Kier molecular flexibility index (Phi) is 6.63. The van der Waals surface area contributed by atoms with Crippen molar-refractivity contribution in [2.45, 2.75) is 26.4 Å². The number of halogens is 2. The molecule has 3 rings (SSSR count). The molecule has 0 saturated heterocycles. The Balaban J connectivity index is 1.76. The Bertz CT molecular complexity index is 1100. The minimum Gasteiger partial charge on any atom is -0.462 e. The van der Waals surface area contributed by atoms with Crippen LogP contribution in [0, 0.1) is 11.8 Å². The molecular weight excluding hydrogens is 412 g/mol. The van der Waals surface area contributed by atoms with Crippen LogP contribution in [0.25, 0.3) is 11.4 Å². The van der Waals surface area contributed by atoms with Gasteiger partial charge in [0, 0.05) is 19.4 Å². The standard InChI is InChI=1S/C20H19F2N5O4/c1-4-30-20(29)12-7-24-19(25-8-12)15-10-26-27(3)16(15)6-17(28)31-11(2)14-5-13(21)9-23-18(14)22/h5,7-11H,4,6H2,1-3H3/t11-/m1/s1. The number of carbonyl (C=O) groups excluding carboxylic acids is 2. The van der Waals surface area contributed by atoms with Gasteiger partial charge in [0.05, 0.1) is 47.8 Å². The van der Waals surface area contributed by atoms with Gasteiger partial charge in [0.15, 0.2) is 5.82 Å². The summed E-state index contributed by atoms with van der Waals surface area (Å²) in [6.07, 6.45) is 3.58. The van der Waals surface area contributed by atoms with Crippen LogP contribution < -0.4 is 0 Å². The Labute approximate surface area is 176 Å². The molecule has 0 radical (unpaired) electrons. The van der Waals surface area contributed by atoms with Crippen molar-refractivity contribution < 1.29 is 27.8 Å². The molecule has 0 saturated carbocycles. The highest BCUT2D eigenvalue weighted by atomic mass is 19.1. The number of ether oxygens (including phenoxy) is 2. The van der Waals surface area contributed by atoms with Gasteiger partial charge in [-0.3, -0.25) is 9.48 Å². The fourth-order valence-corrected chi connectivity index (χ4v) is 2.81. The fourth-order valence-electron chi connectivity index (χ4n) is 2.81. The largest absolute Gasteiger partial charge is 0.462 e. The van der Waals surface area contributed by atoms with E-state index in [0.717, 1.165) is 12.3 Å². The molecule has 11 heteroatoms. The molecule has 31 heavy (non-hydrogen) atoms. The molecule has 0 aliphatic carbocycles. The van der Waals surface area contributed by atoms with Crippen molar-refractivity contribution in [2.75, 3.05) is 6.61 Å². The average molecular weight is 431 g/mol. The molecule has 0 aliphatic rings. The Morgan fingerprint density at radius 2 is 1.84 bits per heavy atom. The van der Waals surface area contributed by atoms with Crippen molar-refractivity contribution in [3.63, 3.8) is 0 Å². The lowest BCUT2D eigenvalue weighted by Gasteiger charge is -2.14. The van der Waals surface area contributed by atoms with Crippen LogP contribution in [0.5, 0.6) is 0 Å². The summed E-state index contributed by atoms with van der Waals surface area (Å²) in [6, 6.07) is 0.925. The predicted molar refractivity (Wildman–Crippen MR) is 103 cm³/mol. The van der Waals surface area contributed by atoms with E-state index >= 15 is 0 Å². The molecule has 3 aromatic rings. The number of rotatable bonds is 7. The van der Waals surface area contributed by atoms with E-state index in [0.29, 0.717) is 11.3 Å². The molecule has 3 heterocycles. The summed E-state index contributed by atoms with van der Waals surface area (Å²) in [6.45, 7) is 3.33. The number of hydrogen-bond donors (Lipinski definition) is 0. The van der Waals surface area contributed by atoms with Crippen LogP contribution in [0.1, 0.15) is 41.6 Å². The van der Waals surface area contributed by atoms with E-state index in [1.54, 1.807) is 14.0 Å². The van der Waals surface area contributed by atoms with Crippen molar-refractivity contribution in [2.24, 2.45) is 7.05 Å². The second-order valence-corrected chi connectivity index (χ2v) is 6.49. The number of nitrogens with zero attached hydrogens (tertiary/aromatic N) is 5. The van der Waals surface area contributed by atoms with Crippen molar-refractivity contribution in [1.82, 2.24) is 24.7 Å². The summed E-state index contributed by atoms with van der Waals surface area (Å²) < 4.78 is 38.7. The summed E-state index contributed by atoms with van der Waals surface area (Å²) in [5, 5.41) is 4.11. The number of aromatic nitrogens is 5. The van der Waals surface area contributed by atoms with Gasteiger partial charge in [-0.15, -0.1) is 0 Å². The van der Waals surface area contributed by atoms with Crippen molar-refractivity contribution >= 4 is 11.9 Å². The van der Waals surface area contributed by atoms with Crippen molar-refractivity contribution in [3.8, 4) is 11.4 Å². The summed E-state index contributed by atoms with van der Waals surface area (Å²) in [4.78, 5) is 35.8. The molecule has 162 valence electrons. The van der Waals surface area contributed by atoms with Gasteiger partial charge >= 0.3 is 11.9 Å². The van der Waals surface area contributed by atoms with Crippen LogP contribution in [0.2, 0.25) is 0 Å². The maximum Gasteiger partial charge on any atom is 0.341 e. The van der Waals surface area contributed by atoms with E-state index in [9.17, 15) is 18.4 Å². The molecular formula is C20H19F2N5O4. The van der Waals surface area contributed by atoms with E-state index < -0.39 is 29.8 Å². The summed E-state index contributed by atoms with van der Waals surface area (Å²) in [7, 11) is 1.62. The topological polar surface area (TPSA) is 109 Å². The van der Waals surface area contributed by atoms with Gasteiger partial charge in [-0.1, -0.05) is 0 Å². The summed E-state index contributed by atoms with van der Waals surface area (Å²) in [5.41, 5.74) is 0.923. The van der Waals surface area contributed by atoms with E-state index in [1.807, 2.05) is 0 Å². The lowest BCUT2D eigenvalue weighted by atomic mass is 10.1. The Hall–Kier alpha value is -3.76. The molecule has 0 aliphatic heterocycles. The number of pyridine rings is 1. The van der Waals surface area contributed by atoms with Crippen molar-refractivity contribution in [3.05, 3.63) is 59.4 Å². The first-order valence-corrected chi connectivity index (χ1v) is 9.31. The fraction of sp³-hybridized carbons (Fsp3) is 0.300. The number of esters is 2. The van der Waals surface area contributed by atoms with Crippen LogP contribution in [0.3, 0.4) is 0 Å². The van der Waals surface area contributed by atoms with Gasteiger partial charge in [0.1, 0.15) is 11.9 Å². The highest BCUT2D eigenvalue weighted by Gasteiger charge is 2.22. The first kappa shape index (κ1) is 21.9. The minimum absolute atomic E-state index is 0.170. The van der Waals surface area contributed by atoms with Crippen LogP contribution in [-0.4, -0.2) is 43.3 Å². The van der Waals surface area contributed by atoms with Gasteiger partial charge < -0.3 is 9.47 Å². The first-order chi connectivity index (χ1) is 14.8. The van der Waals surface area contributed by atoms with Crippen LogP contribution in [0.15, 0.2) is 30.9 Å². The summed E-state index contributed by atoms with van der Waals surface area (Å²) >= 11 is 0. The molecule has 9 nitrogen and oxygen atoms in total. The monoisotopic (exact) mass is 431 g/mol. The van der Waals surface area contributed by atoms with Gasteiger partial charge in [0.2, 0.25) is 5.95 Å². The van der Waals surface area contributed by atoms with E-state index in [-0.39, 0.29) is 30.0 Å². The third-order valence-corrected chi connectivity index (χ3v) is 4.36. The average Bonchev–Trinajstić information content (AvgIpc) is 3.10. The molecule has 0 fully saturated rings. The first-order valence-electron chi connectivity index (χ1n) is 9.31. The zero-order valence-electron chi connectivity index (χ0n) is 17.0. The maximum atomic E-state index is 13.8. The third-order valence-electron chi connectivity index (χ3n) is 4.36. The van der Waals surface area contributed by atoms with E-state index in [4.69, 9.17) is 9.47 Å². The van der Waals surface area contributed by atoms with E-state index in [2.05, 4.69) is 20.1 Å². The second-order valence-electron chi connectivity index (χ2n) is 6.49. The SMILES string of the molecule is CCOC(=O)c1cnc(-c2cnn(C)c2CC(=O)O[C@H](C)c2cc(F)cnc2F)nc1. The van der Waals surface area contributed by atoms with Crippen molar-refractivity contribution in [1.29, 1.82) is 0 Å². The van der Waals surface area contributed by atoms with E-state index in [1.165, 1.54) is 30.2 Å². The minimum atomic E-state index is -1.05. The van der Waals surface area contributed by atoms with Crippen LogP contribution >= 0.6 is 0 Å². The van der Waals surface area contributed by atoms with Gasteiger partial charge in [0.25, 0.3) is 0 Å². The van der Waals surface area contributed by atoms with Gasteiger partial charge in [-0.2, -0.15) is 9.49 Å². The molecule has 1 atom stereocenters. The highest BCUT2D eigenvalue weighted by molar-refractivity contribution is 5.88. The Morgan fingerprint density at radius 3 is 2.52 bits per heavy atom. The second kappa shape index (κ2) is 9.37. The zero-order chi connectivity index (χ0) is 22.5. The molecule has 0 spiro atoms. The third kappa shape index (κ3) is 5.05. The number of carbonyl (C=O) groups is 2. The molecule has 3 aromatic heterocycles. The number of hydrogen-bond acceptors (Lipinski definition) is 8. The highest BCUT2D eigenvalue weighted by Crippen LogP contribution is 2.23. The predicted octanol–water partition coefficient (Wildman–Crippen LogP) is 2.57. The summed E-state index contributed by atoms with van der Waals surface area (Å²) in [5.74, 6) is -2.65. The Morgan fingerprint density at radius 1 is 1.13 bits per heavy atom. The zero-order valence-corrected chi connectivity index (χ0v) is 17.0. The quantitative estimate of drug-likeness (QED) is 0.415. The smallest absolute Gasteiger partial charge is 0.341 e. The van der Waals surface area contributed by atoms with Gasteiger partial charge in [-0.05, 0) is 19.9 Å². The van der Waals surface area contributed by atoms with Crippen LogP contribution in [0.4, 0.5) is 8.78 Å². The lowest BCUT2D eigenvalue weighted by molar-refractivity contribution is -0.148. The maximum absolute atomic E-state index is 13.8. The molecule has 0 unspecified atom stereocenters. The molecule has 0 bridgehead atoms. The molecule has 0 amide bonds. The number of aryl methyl sites for hydroxylation is 1. The molecule has 0 aromatic carbocycles. The van der Waals surface area contributed by atoms with Gasteiger partial charge in [-0.25, -0.2) is 24.1 Å². The normalized spacial score (nSPS) is 11.8. The van der Waals surface area contributed by atoms with Crippen LogP contribution in [-0.2, 0) is 27.7 Å². The lowest BCUT2D eigenvalue weighted by Crippen LogP contribution is -2.15.